The molecule has 0 saturated heterocycles. The molecule has 1 rings (SSSR count). The smallest absolute Gasteiger partial charge is 0.326 e. The van der Waals surface area contributed by atoms with E-state index in [0.29, 0.717) is 0 Å². The normalized spacial score (nSPS) is 10.7. The van der Waals surface area contributed by atoms with E-state index >= 15 is 0 Å². The summed E-state index contributed by atoms with van der Waals surface area (Å²) < 4.78 is 37.5. The van der Waals surface area contributed by atoms with Crippen molar-refractivity contribution in [3.63, 3.8) is 0 Å². The number of carbonyl (C=O) groups is 1. The van der Waals surface area contributed by atoms with Crippen LogP contribution in [0.1, 0.15) is 12.5 Å². The molecule has 1 N–H and O–H groups in total. The molecule has 0 fully saturated rings. The van der Waals surface area contributed by atoms with Crippen LogP contribution >= 0.6 is 0 Å². The third-order valence-corrected chi connectivity index (χ3v) is 1.74. The molecule has 0 bridgehead atoms. The molecular weight excluding hydrogens is 221 g/mol. The van der Waals surface area contributed by atoms with Gasteiger partial charge in [0.15, 0.2) is 5.69 Å². The number of anilines is 1. The van der Waals surface area contributed by atoms with Crippen LogP contribution in [-0.4, -0.2) is 5.91 Å². The van der Waals surface area contributed by atoms with E-state index in [4.69, 9.17) is 6.57 Å². The van der Waals surface area contributed by atoms with Crippen LogP contribution in [0.2, 0.25) is 0 Å². The maximum atomic E-state index is 12.5. The number of carbonyl (C=O) groups excluding carboxylic acids is 1. The number of rotatable bonds is 1. The molecule has 1 amide bonds. The number of halogens is 3. The van der Waals surface area contributed by atoms with E-state index in [1.807, 2.05) is 0 Å². The Morgan fingerprint density at radius 3 is 2.50 bits per heavy atom. The van der Waals surface area contributed by atoms with E-state index in [9.17, 15) is 18.0 Å². The van der Waals surface area contributed by atoms with Crippen LogP contribution in [0.25, 0.3) is 4.85 Å². The third kappa shape index (κ3) is 2.73. The number of nitrogens with one attached hydrogen (secondary N) is 1. The summed E-state index contributed by atoms with van der Waals surface area (Å²) in [6.07, 6.45) is -4.60. The predicted octanol–water partition coefficient (Wildman–Crippen LogP) is 3.21. The average Bonchev–Trinajstić information content (AvgIpc) is 2.15. The highest BCUT2D eigenvalue weighted by Crippen LogP contribution is 2.37. The predicted molar refractivity (Wildman–Crippen MR) is 52.0 cm³/mol. The van der Waals surface area contributed by atoms with E-state index < -0.39 is 23.3 Å². The van der Waals surface area contributed by atoms with Crippen LogP contribution in [0.5, 0.6) is 0 Å². The van der Waals surface area contributed by atoms with Crippen molar-refractivity contribution in [1.29, 1.82) is 0 Å². The Balaban J connectivity index is 3.23. The summed E-state index contributed by atoms with van der Waals surface area (Å²) in [5.41, 5.74) is -1.51. The van der Waals surface area contributed by atoms with Gasteiger partial charge in [0.25, 0.3) is 0 Å². The van der Waals surface area contributed by atoms with Gasteiger partial charge in [0.05, 0.1) is 12.1 Å². The Labute approximate surface area is 89.7 Å². The zero-order valence-corrected chi connectivity index (χ0v) is 8.22. The fraction of sp³-hybridized carbons (Fsp3) is 0.200. The summed E-state index contributed by atoms with van der Waals surface area (Å²) in [5, 5.41) is 2.23. The number of alkyl halides is 3. The lowest BCUT2D eigenvalue weighted by atomic mass is 10.1. The van der Waals surface area contributed by atoms with Crippen LogP contribution in [0.4, 0.5) is 24.5 Å². The Morgan fingerprint density at radius 1 is 1.44 bits per heavy atom. The number of nitrogens with zero attached hydrogens (tertiary/aromatic N) is 1. The highest BCUT2D eigenvalue weighted by molar-refractivity contribution is 5.89. The summed E-state index contributed by atoms with van der Waals surface area (Å²) in [5.74, 6) is -0.469. The van der Waals surface area contributed by atoms with Crippen LogP contribution < -0.4 is 5.32 Å². The molecule has 6 heteroatoms. The van der Waals surface area contributed by atoms with Crippen molar-refractivity contribution in [1.82, 2.24) is 0 Å². The van der Waals surface area contributed by atoms with Crippen molar-refractivity contribution in [2.75, 3.05) is 5.32 Å². The fourth-order valence-corrected chi connectivity index (χ4v) is 1.14. The molecule has 0 aliphatic rings. The average molecular weight is 228 g/mol. The van der Waals surface area contributed by atoms with Crippen molar-refractivity contribution in [3.05, 3.63) is 35.2 Å². The molecule has 0 radical (unpaired) electrons. The van der Waals surface area contributed by atoms with Crippen LogP contribution in [0.3, 0.4) is 0 Å². The van der Waals surface area contributed by atoms with Crippen molar-refractivity contribution in [2.24, 2.45) is 0 Å². The second-order valence-corrected chi connectivity index (χ2v) is 3.02. The molecule has 3 nitrogen and oxygen atoms in total. The Kier molecular flexibility index (Phi) is 3.18. The largest absolute Gasteiger partial charge is 0.407 e. The van der Waals surface area contributed by atoms with Crippen molar-refractivity contribution in [3.8, 4) is 0 Å². The minimum absolute atomic E-state index is 0.0206. The molecule has 0 aromatic heterocycles. The third-order valence-electron chi connectivity index (χ3n) is 1.74. The lowest BCUT2D eigenvalue weighted by molar-refractivity contribution is -0.136. The Morgan fingerprint density at radius 2 is 2.06 bits per heavy atom. The van der Waals surface area contributed by atoms with E-state index in [2.05, 4.69) is 10.2 Å². The summed E-state index contributed by atoms with van der Waals surface area (Å²) in [7, 11) is 0. The van der Waals surface area contributed by atoms with E-state index in [0.717, 1.165) is 12.1 Å². The summed E-state index contributed by atoms with van der Waals surface area (Å²) in [6, 6.07) is 3.03. The first-order chi connectivity index (χ1) is 7.34. The molecule has 16 heavy (non-hydrogen) atoms. The number of benzene rings is 1. The second kappa shape index (κ2) is 4.23. The fourth-order valence-electron chi connectivity index (χ4n) is 1.14. The van der Waals surface area contributed by atoms with Gasteiger partial charge in [-0.25, -0.2) is 4.85 Å². The highest BCUT2D eigenvalue weighted by Gasteiger charge is 2.33. The lowest BCUT2D eigenvalue weighted by Gasteiger charge is -2.11. The molecular formula is C10H7F3N2O. The molecule has 1 aromatic rings. The van der Waals surface area contributed by atoms with Crippen LogP contribution in [0.15, 0.2) is 18.2 Å². The second-order valence-electron chi connectivity index (χ2n) is 3.02. The first-order valence-corrected chi connectivity index (χ1v) is 4.21. The van der Waals surface area contributed by atoms with Gasteiger partial charge in [0, 0.05) is 12.6 Å². The minimum Gasteiger partial charge on any atom is -0.326 e. The maximum Gasteiger partial charge on any atom is 0.407 e. The molecule has 0 atom stereocenters. The van der Waals surface area contributed by atoms with Crippen LogP contribution in [0, 0.1) is 6.57 Å². The van der Waals surface area contributed by atoms with Crippen molar-refractivity contribution < 1.29 is 18.0 Å². The summed E-state index contributed by atoms with van der Waals surface area (Å²) in [6.45, 7) is 7.80. The molecule has 0 aliphatic carbocycles. The molecule has 84 valence electrons. The molecule has 0 saturated carbocycles. The zero-order chi connectivity index (χ0) is 12.3. The monoisotopic (exact) mass is 228 g/mol. The van der Waals surface area contributed by atoms with Gasteiger partial charge >= 0.3 is 6.18 Å². The zero-order valence-electron chi connectivity index (χ0n) is 8.22. The van der Waals surface area contributed by atoms with Crippen molar-refractivity contribution >= 4 is 17.3 Å². The lowest BCUT2D eigenvalue weighted by Crippen LogP contribution is -2.09. The SMILES string of the molecule is [C-]#[N+]c1ccc(NC(C)=O)cc1C(F)(F)F. The number of hydrogen-bond donors (Lipinski definition) is 1. The first kappa shape index (κ1) is 12.0. The molecule has 0 heterocycles. The summed E-state index contributed by atoms with van der Waals surface area (Å²) >= 11 is 0. The molecule has 0 aliphatic heterocycles. The number of hydrogen-bond acceptors (Lipinski definition) is 1. The van der Waals surface area contributed by atoms with Gasteiger partial charge < -0.3 is 5.32 Å². The van der Waals surface area contributed by atoms with E-state index in [1.165, 1.54) is 13.0 Å². The molecule has 1 aromatic carbocycles. The summed E-state index contributed by atoms with van der Waals surface area (Å²) in [4.78, 5) is 13.5. The van der Waals surface area contributed by atoms with Gasteiger partial charge in [-0.1, -0.05) is 6.07 Å². The highest BCUT2D eigenvalue weighted by atomic mass is 19.4. The standard InChI is InChI=1S/C10H7F3N2O/c1-6(16)15-7-3-4-9(14-2)8(5-7)10(11,12)13/h3-5H,1H3,(H,15,16). The minimum atomic E-state index is -4.60. The van der Waals surface area contributed by atoms with E-state index in [1.54, 1.807) is 0 Å². The van der Waals surface area contributed by atoms with Gasteiger partial charge in [-0.05, 0) is 12.1 Å². The first-order valence-electron chi connectivity index (χ1n) is 4.21. The number of amides is 1. The van der Waals surface area contributed by atoms with Gasteiger partial charge in [-0.2, -0.15) is 13.2 Å². The van der Waals surface area contributed by atoms with Crippen LogP contribution in [-0.2, 0) is 11.0 Å². The van der Waals surface area contributed by atoms with E-state index in [-0.39, 0.29) is 5.69 Å². The Bertz CT molecular complexity index is 460. The quantitative estimate of drug-likeness (QED) is 0.735. The Hall–Kier alpha value is -2.03. The molecule has 0 spiro atoms. The molecule has 0 unspecified atom stereocenters. The van der Waals surface area contributed by atoms with Gasteiger partial charge in [-0.15, -0.1) is 0 Å². The topological polar surface area (TPSA) is 33.5 Å². The van der Waals surface area contributed by atoms with Gasteiger partial charge in [-0.3, -0.25) is 4.79 Å². The van der Waals surface area contributed by atoms with Gasteiger partial charge in [0.2, 0.25) is 5.91 Å². The van der Waals surface area contributed by atoms with Crippen molar-refractivity contribution in [2.45, 2.75) is 13.1 Å². The maximum absolute atomic E-state index is 12.5. The van der Waals surface area contributed by atoms with Gasteiger partial charge in [0.1, 0.15) is 0 Å².